The molecule has 0 heterocycles. The van der Waals surface area contributed by atoms with E-state index in [-0.39, 0.29) is 0 Å². The number of hydrogen-bond acceptors (Lipinski definition) is 3. The third-order valence-corrected chi connectivity index (χ3v) is 3.01. The summed E-state index contributed by atoms with van der Waals surface area (Å²) in [5, 5.41) is 12.2. The molecular weight excluding hydrogens is 236 g/mol. The number of nitriles is 1. The fourth-order valence-corrected chi connectivity index (χ4v) is 1.83. The molecule has 0 aliphatic rings. The second-order valence-electron chi connectivity index (χ2n) is 5.04. The Labute approximate surface area is 116 Å². The predicted octanol–water partition coefficient (Wildman–Crippen LogP) is 3.41. The summed E-state index contributed by atoms with van der Waals surface area (Å²) in [4.78, 5) is 0. The largest absolute Gasteiger partial charge is 0.379 e. The van der Waals surface area contributed by atoms with Crippen molar-refractivity contribution in [2.24, 2.45) is 0 Å². The molecule has 104 valence electrons. The van der Waals surface area contributed by atoms with Crippen molar-refractivity contribution in [3.8, 4) is 6.07 Å². The van der Waals surface area contributed by atoms with Crippen LogP contribution in [0.5, 0.6) is 0 Å². The average Bonchev–Trinajstić information content (AvgIpc) is 2.42. The molecule has 0 saturated carbocycles. The third kappa shape index (κ3) is 6.37. The Balaban J connectivity index is 2.20. The maximum absolute atomic E-state index is 8.75. The van der Waals surface area contributed by atoms with Gasteiger partial charge in [0.05, 0.1) is 17.7 Å². The number of nitrogens with zero attached hydrogens (tertiary/aromatic N) is 1. The first kappa shape index (κ1) is 15.7. The lowest BCUT2D eigenvalue weighted by Gasteiger charge is -2.14. The lowest BCUT2D eigenvalue weighted by atomic mass is 10.1. The van der Waals surface area contributed by atoms with E-state index in [1.807, 2.05) is 24.3 Å². The van der Waals surface area contributed by atoms with Gasteiger partial charge in [-0.25, -0.2) is 0 Å². The molecule has 0 saturated heterocycles. The number of benzene rings is 1. The van der Waals surface area contributed by atoms with E-state index in [2.05, 4.69) is 32.2 Å². The topological polar surface area (TPSA) is 45.0 Å². The van der Waals surface area contributed by atoms with Crippen molar-refractivity contribution >= 4 is 0 Å². The van der Waals surface area contributed by atoms with Gasteiger partial charge in [0.1, 0.15) is 0 Å². The van der Waals surface area contributed by atoms with Crippen molar-refractivity contribution < 1.29 is 4.74 Å². The van der Waals surface area contributed by atoms with Crippen molar-refractivity contribution in [1.82, 2.24) is 5.32 Å². The van der Waals surface area contributed by atoms with Gasteiger partial charge in [-0.2, -0.15) is 5.26 Å². The van der Waals surface area contributed by atoms with Crippen LogP contribution in [-0.2, 0) is 4.74 Å². The number of rotatable bonds is 8. The normalized spacial score (nSPS) is 12.4. The highest BCUT2D eigenvalue weighted by atomic mass is 16.5. The SMILES string of the molecule is CC(C)OCCCCNC(C)c1ccc(C#N)cc1. The summed E-state index contributed by atoms with van der Waals surface area (Å²) in [7, 11) is 0. The molecule has 0 amide bonds. The first-order valence-electron chi connectivity index (χ1n) is 6.98. The number of ether oxygens (including phenoxy) is 1. The van der Waals surface area contributed by atoms with Gasteiger partial charge in [0.2, 0.25) is 0 Å². The Morgan fingerprint density at radius 3 is 2.42 bits per heavy atom. The molecule has 1 aromatic rings. The molecule has 1 unspecified atom stereocenters. The van der Waals surface area contributed by atoms with Crippen molar-refractivity contribution in [3.63, 3.8) is 0 Å². The minimum Gasteiger partial charge on any atom is -0.379 e. The fraction of sp³-hybridized carbons (Fsp3) is 0.562. The minimum absolute atomic E-state index is 0.318. The van der Waals surface area contributed by atoms with Crippen LogP contribution in [0.1, 0.15) is 50.8 Å². The molecule has 0 fully saturated rings. The molecule has 0 radical (unpaired) electrons. The van der Waals surface area contributed by atoms with Crippen LogP contribution in [0.25, 0.3) is 0 Å². The summed E-state index contributed by atoms with van der Waals surface area (Å²) in [5.74, 6) is 0. The van der Waals surface area contributed by atoms with E-state index in [9.17, 15) is 0 Å². The van der Waals surface area contributed by atoms with Gasteiger partial charge in [0, 0.05) is 12.6 Å². The van der Waals surface area contributed by atoms with Crippen LogP contribution in [0.15, 0.2) is 24.3 Å². The quantitative estimate of drug-likeness (QED) is 0.728. The van der Waals surface area contributed by atoms with Crippen molar-refractivity contribution in [1.29, 1.82) is 5.26 Å². The highest BCUT2D eigenvalue weighted by molar-refractivity contribution is 5.32. The zero-order valence-electron chi connectivity index (χ0n) is 12.1. The van der Waals surface area contributed by atoms with Crippen molar-refractivity contribution in [2.75, 3.05) is 13.2 Å². The summed E-state index contributed by atoms with van der Waals surface area (Å²) < 4.78 is 5.50. The maximum Gasteiger partial charge on any atom is 0.0991 e. The van der Waals surface area contributed by atoms with E-state index in [0.29, 0.717) is 17.7 Å². The number of unbranched alkanes of at least 4 members (excludes halogenated alkanes) is 1. The van der Waals surface area contributed by atoms with Gasteiger partial charge in [0.15, 0.2) is 0 Å². The molecule has 1 rings (SSSR count). The Hall–Kier alpha value is -1.37. The van der Waals surface area contributed by atoms with E-state index in [4.69, 9.17) is 10.00 Å². The molecule has 3 heteroatoms. The molecule has 0 bridgehead atoms. The summed E-state index contributed by atoms with van der Waals surface area (Å²) in [6, 6.07) is 10.2. The molecule has 1 N–H and O–H groups in total. The van der Waals surface area contributed by atoms with E-state index < -0.39 is 0 Å². The predicted molar refractivity (Wildman–Crippen MR) is 77.9 cm³/mol. The van der Waals surface area contributed by atoms with Gasteiger partial charge < -0.3 is 10.1 Å². The molecule has 0 aliphatic carbocycles. The van der Waals surface area contributed by atoms with Crippen LogP contribution in [-0.4, -0.2) is 19.3 Å². The Kier molecular flexibility index (Phi) is 7.17. The van der Waals surface area contributed by atoms with Crippen molar-refractivity contribution in [2.45, 2.75) is 45.8 Å². The van der Waals surface area contributed by atoms with Crippen LogP contribution in [0.4, 0.5) is 0 Å². The minimum atomic E-state index is 0.318. The van der Waals surface area contributed by atoms with Gasteiger partial charge in [-0.05, 0) is 57.9 Å². The molecule has 0 spiro atoms. The van der Waals surface area contributed by atoms with Gasteiger partial charge in [-0.15, -0.1) is 0 Å². The zero-order valence-corrected chi connectivity index (χ0v) is 12.1. The van der Waals surface area contributed by atoms with E-state index in [0.717, 1.165) is 26.0 Å². The van der Waals surface area contributed by atoms with Gasteiger partial charge in [0.25, 0.3) is 0 Å². The molecule has 3 nitrogen and oxygen atoms in total. The zero-order chi connectivity index (χ0) is 14.1. The molecule has 1 aromatic carbocycles. The fourth-order valence-electron chi connectivity index (χ4n) is 1.83. The van der Waals surface area contributed by atoms with Crippen LogP contribution in [0.3, 0.4) is 0 Å². The van der Waals surface area contributed by atoms with Crippen LogP contribution >= 0.6 is 0 Å². The highest BCUT2D eigenvalue weighted by Crippen LogP contribution is 2.13. The summed E-state index contributed by atoms with van der Waals surface area (Å²) in [5.41, 5.74) is 1.93. The Morgan fingerprint density at radius 1 is 1.16 bits per heavy atom. The van der Waals surface area contributed by atoms with Crippen molar-refractivity contribution in [3.05, 3.63) is 35.4 Å². The first-order chi connectivity index (χ1) is 9.13. The maximum atomic E-state index is 8.75. The third-order valence-electron chi connectivity index (χ3n) is 3.01. The second-order valence-corrected chi connectivity index (χ2v) is 5.04. The molecule has 0 aliphatic heterocycles. The summed E-state index contributed by atoms with van der Waals surface area (Å²) in [6.45, 7) is 8.09. The Morgan fingerprint density at radius 2 is 1.84 bits per heavy atom. The summed E-state index contributed by atoms with van der Waals surface area (Å²) >= 11 is 0. The van der Waals surface area contributed by atoms with Crippen LogP contribution < -0.4 is 5.32 Å². The summed E-state index contributed by atoms with van der Waals surface area (Å²) in [6.07, 6.45) is 2.53. The molecule has 19 heavy (non-hydrogen) atoms. The first-order valence-corrected chi connectivity index (χ1v) is 6.98. The van der Waals surface area contributed by atoms with E-state index >= 15 is 0 Å². The molecule has 1 atom stereocenters. The van der Waals surface area contributed by atoms with Gasteiger partial charge in [-0.3, -0.25) is 0 Å². The van der Waals surface area contributed by atoms with Crippen LogP contribution in [0, 0.1) is 11.3 Å². The lowest BCUT2D eigenvalue weighted by Crippen LogP contribution is -2.20. The number of hydrogen-bond donors (Lipinski definition) is 1. The molecular formula is C16H24N2O. The number of nitrogens with one attached hydrogen (secondary N) is 1. The van der Waals surface area contributed by atoms with E-state index in [1.54, 1.807) is 0 Å². The smallest absolute Gasteiger partial charge is 0.0991 e. The standard InChI is InChI=1S/C16H24N2O/c1-13(2)19-11-5-4-10-18-14(3)16-8-6-15(12-17)7-9-16/h6-9,13-14,18H,4-5,10-11H2,1-3H3. The van der Waals surface area contributed by atoms with Gasteiger partial charge >= 0.3 is 0 Å². The van der Waals surface area contributed by atoms with Crippen LogP contribution in [0.2, 0.25) is 0 Å². The average molecular weight is 260 g/mol. The monoisotopic (exact) mass is 260 g/mol. The molecule has 0 aromatic heterocycles. The van der Waals surface area contributed by atoms with Gasteiger partial charge in [-0.1, -0.05) is 12.1 Å². The van der Waals surface area contributed by atoms with E-state index in [1.165, 1.54) is 5.56 Å². The highest BCUT2D eigenvalue weighted by Gasteiger charge is 2.04. The second kappa shape index (κ2) is 8.68. The Bertz CT molecular complexity index is 392. The lowest BCUT2D eigenvalue weighted by molar-refractivity contribution is 0.0759.